The third-order valence-electron chi connectivity index (χ3n) is 1.14. The van der Waals surface area contributed by atoms with Crippen molar-refractivity contribution in [3.63, 3.8) is 0 Å². The monoisotopic (exact) mass is 158 g/mol. The van der Waals surface area contributed by atoms with Crippen LogP contribution in [0, 0.1) is 11.9 Å². The first kappa shape index (κ1) is 7.51. The van der Waals surface area contributed by atoms with Gasteiger partial charge in [0.05, 0.1) is 0 Å². The van der Waals surface area contributed by atoms with E-state index in [-0.39, 0.29) is 12.4 Å². The number of hydrogen-bond acceptors (Lipinski definition) is 1. The quantitative estimate of drug-likeness (QED) is 0.662. The second kappa shape index (κ2) is 2.99. The molecule has 0 heterocycles. The van der Waals surface area contributed by atoms with Crippen LogP contribution in [0.4, 0.5) is 4.39 Å². The summed E-state index contributed by atoms with van der Waals surface area (Å²) >= 11 is 5.52. The molecule has 1 rings (SSSR count). The summed E-state index contributed by atoms with van der Waals surface area (Å²) in [6, 6.07) is 5.31. The van der Waals surface area contributed by atoms with E-state index in [1.165, 1.54) is 12.1 Å². The van der Waals surface area contributed by atoms with E-state index >= 15 is 0 Å². The van der Waals surface area contributed by atoms with Crippen molar-refractivity contribution >= 4 is 11.6 Å². The number of nitrogens with two attached hydrogens (primary N) is 1. The Morgan fingerprint density at radius 1 is 1.60 bits per heavy atom. The lowest BCUT2D eigenvalue weighted by Crippen LogP contribution is -1.99. The number of rotatable bonds is 1. The van der Waals surface area contributed by atoms with Gasteiger partial charge in [-0.15, -0.1) is 0 Å². The zero-order chi connectivity index (χ0) is 7.56. The topological polar surface area (TPSA) is 26.0 Å². The lowest BCUT2D eigenvalue weighted by atomic mass is 10.2. The molecule has 3 heteroatoms. The average Bonchev–Trinajstić information content (AvgIpc) is 1.94. The summed E-state index contributed by atoms with van der Waals surface area (Å²) < 4.78 is 12.6. The van der Waals surface area contributed by atoms with E-state index in [2.05, 4.69) is 6.07 Å². The van der Waals surface area contributed by atoms with Gasteiger partial charge in [0.15, 0.2) is 0 Å². The van der Waals surface area contributed by atoms with Gasteiger partial charge in [-0.2, -0.15) is 0 Å². The van der Waals surface area contributed by atoms with Crippen LogP contribution in [0.2, 0.25) is 5.02 Å². The summed E-state index contributed by atoms with van der Waals surface area (Å²) in [5.74, 6) is -0.355. The molecule has 10 heavy (non-hydrogen) atoms. The van der Waals surface area contributed by atoms with E-state index in [1.807, 2.05) is 0 Å². The molecule has 0 aliphatic rings. The molecule has 0 spiro atoms. The molecule has 1 nitrogen and oxygen atoms in total. The highest BCUT2D eigenvalue weighted by molar-refractivity contribution is 6.30. The largest absolute Gasteiger partial charge is 0.326 e. The predicted octanol–water partition coefficient (Wildman–Crippen LogP) is 1.74. The van der Waals surface area contributed by atoms with Gasteiger partial charge in [-0.05, 0) is 12.1 Å². The van der Waals surface area contributed by atoms with Gasteiger partial charge in [0.2, 0.25) is 0 Å². The van der Waals surface area contributed by atoms with E-state index in [0.29, 0.717) is 10.6 Å². The maximum Gasteiger partial charge on any atom is 0.128 e. The van der Waals surface area contributed by atoms with Crippen LogP contribution in [0.25, 0.3) is 0 Å². The van der Waals surface area contributed by atoms with Gasteiger partial charge in [-0.1, -0.05) is 11.6 Å². The highest BCUT2D eigenvalue weighted by Crippen LogP contribution is 2.12. The van der Waals surface area contributed by atoms with E-state index in [0.717, 1.165) is 0 Å². The molecule has 0 fully saturated rings. The summed E-state index contributed by atoms with van der Waals surface area (Å²) in [5, 5.41) is 0.391. The van der Waals surface area contributed by atoms with E-state index in [9.17, 15) is 4.39 Å². The van der Waals surface area contributed by atoms with Crippen LogP contribution in [0.3, 0.4) is 0 Å². The van der Waals surface area contributed by atoms with Crippen molar-refractivity contribution in [2.24, 2.45) is 5.73 Å². The van der Waals surface area contributed by atoms with Gasteiger partial charge in [0.25, 0.3) is 0 Å². The van der Waals surface area contributed by atoms with Crippen molar-refractivity contribution in [2.45, 2.75) is 6.54 Å². The molecule has 53 valence electrons. The maximum atomic E-state index is 12.6. The maximum absolute atomic E-state index is 12.6. The Balaban J connectivity index is 3.09. The van der Waals surface area contributed by atoms with E-state index in [4.69, 9.17) is 17.3 Å². The van der Waals surface area contributed by atoms with Crippen molar-refractivity contribution in [3.05, 3.63) is 34.6 Å². The summed E-state index contributed by atoms with van der Waals surface area (Å²) in [4.78, 5) is 0. The Labute approximate surface area is 63.6 Å². The first-order valence-corrected chi connectivity index (χ1v) is 3.18. The zero-order valence-electron chi connectivity index (χ0n) is 5.20. The lowest BCUT2D eigenvalue weighted by Gasteiger charge is -1.97. The molecule has 0 saturated carbocycles. The lowest BCUT2D eigenvalue weighted by molar-refractivity contribution is 0.610. The third kappa shape index (κ3) is 1.46. The van der Waals surface area contributed by atoms with Crippen molar-refractivity contribution in [2.75, 3.05) is 0 Å². The first-order valence-electron chi connectivity index (χ1n) is 2.80. The molecular formula is C7H6ClFN. The highest BCUT2D eigenvalue weighted by atomic mass is 35.5. The van der Waals surface area contributed by atoms with Gasteiger partial charge >= 0.3 is 0 Å². The molecule has 0 bridgehead atoms. The average molecular weight is 159 g/mol. The normalized spacial score (nSPS) is 9.90. The molecule has 2 N–H and O–H groups in total. The number of benzene rings is 1. The minimum Gasteiger partial charge on any atom is -0.326 e. The highest BCUT2D eigenvalue weighted by Gasteiger charge is 1.99. The fourth-order valence-electron chi connectivity index (χ4n) is 0.641. The van der Waals surface area contributed by atoms with Gasteiger partial charge in [0.1, 0.15) is 5.82 Å². The van der Waals surface area contributed by atoms with Crippen LogP contribution < -0.4 is 5.73 Å². The van der Waals surface area contributed by atoms with Gasteiger partial charge in [0, 0.05) is 23.2 Å². The van der Waals surface area contributed by atoms with E-state index < -0.39 is 0 Å². The fourth-order valence-corrected chi connectivity index (χ4v) is 0.818. The van der Waals surface area contributed by atoms with E-state index in [1.54, 1.807) is 0 Å². The van der Waals surface area contributed by atoms with Crippen LogP contribution in [0.5, 0.6) is 0 Å². The van der Waals surface area contributed by atoms with Crippen LogP contribution >= 0.6 is 11.6 Å². The molecular weight excluding hydrogens is 153 g/mol. The second-order valence-corrected chi connectivity index (χ2v) is 2.24. The summed E-state index contributed by atoms with van der Waals surface area (Å²) in [6.07, 6.45) is 0. The van der Waals surface area contributed by atoms with Crippen LogP contribution in [0.15, 0.2) is 12.1 Å². The van der Waals surface area contributed by atoms with Gasteiger partial charge in [-0.25, -0.2) is 4.39 Å². The SMILES string of the molecule is NCc1[c]c(Cl)ccc1F. The van der Waals surface area contributed by atoms with Crippen molar-refractivity contribution in [1.29, 1.82) is 0 Å². The molecule has 0 amide bonds. The number of halogens is 2. The fraction of sp³-hybridized carbons (Fsp3) is 0.143. The Hall–Kier alpha value is -0.600. The van der Waals surface area contributed by atoms with Crippen LogP contribution in [-0.4, -0.2) is 0 Å². The molecule has 0 atom stereocenters. The minimum atomic E-state index is -0.355. The van der Waals surface area contributed by atoms with Gasteiger partial charge < -0.3 is 5.73 Å². The molecule has 0 aromatic heterocycles. The molecule has 0 aliphatic carbocycles. The predicted molar refractivity (Wildman–Crippen MR) is 38.1 cm³/mol. The third-order valence-corrected chi connectivity index (χ3v) is 1.36. The standard InChI is InChI=1S/C7H6ClFN/c8-6-1-2-7(9)5(3-6)4-10/h1-2H,4,10H2. The minimum absolute atomic E-state index is 0.131. The number of hydrogen-bond donors (Lipinski definition) is 1. The molecule has 0 aliphatic heterocycles. The second-order valence-electron chi connectivity index (χ2n) is 1.84. The summed E-state index contributed by atoms with van der Waals surface area (Å²) in [7, 11) is 0. The Kier molecular flexibility index (Phi) is 2.25. The zero-order valence-corrected chi connectivity index (χ0v) is 5.95. The molecule has 1 aromatic rings. The molecule has 1 radical (unpaired) electrons. The Morgan fingerprint density at radius 2 is 2.30 bits per heavy atom. The van der Waals surface area contributed by atoms with Crippen molar-refractivity contribution < 1.29 is 4.39 Å². The molecule has 1 aromatic carbocycles. The first-order chi connectivity index (χ1) is 4.74. The van der Waals surface area contributed by atoms with Crippen molar-refractivity contribution in [1.82, 2.24) is 0 Å². The smallest absolute Gasteiger partial charge is 0.128 e. The van der Waals surface area contributed by atoms with Crippen LogP contribution in [0.1, 0.15) is 5.56 Å². The summed E-state index contributed by atoms with van der Waals surface area (Å²) in [6.45, 7) is 0.131. The van der Waals surface area contributed by atoms with Crippen LogP contribution in [-0.2, 0) is 6.54 Å². The Morgan fingerprint density at radius 3 is 2.80 bits per heavy atom. The summed E-state index contributed by atoms with van der Waals surface area (Å²) in [5.41, 5.74) is 5.52. The molecule has 0 unspecified atom stereocenters. The Bertz CT molecular complexity index is 237. The van der Waals surface area contributed by atoms with Gasteiger partial charge in [-0.3, -0.25) is 0 Å². The van der Waals surface area contributed by atoms with Crippen molar-refractivity contribution in [3.8, 4) is 0 Å². The molecule has 0 saturated heterocycles.